The van der Waals surface area contributed by atoms with Crippen LogP contribution in [0.25, 0.3) is 0 Å². The molecule has 2 saturated carbocycles. The van der Waals surface area contributed by atoms with Crippen LogP contribution in [0.5, 0.6) is 0 Å². The average Bonchev–Trinajstić information content (AvgIpc) is 3.24. The molecule has 5 atom stereocenters. The minimum absolute atomic E-state index is 0.166. The number of nitrogens with one attached hydrogen (secondary N) is 3. The molecule has 2 aliphatic carbocycles. The van der Waals surface area contributed by atoms with Crippen molar-refractivity contribution in [2.24, 2.45) is 22.7 Å². The zero-order chi connectivity index (χ0) is 32.8. The number of nitrogens with zero attached hydrogens (tertiary/aromatic N) is 1. The van der Waals surface area contributed by atoms with Crippen molar-refractivity contribution < 1.29 is 33.9 Å². The molecular weight excluding hydrogens is 564 g/mol. The van der Waals surface area contributed by atoms with E-state index in [1.54, 1.807) is 4.90 Å². The van der Waals surface area contributed by atoms with Crippen molar-refractivity contribution in [3.05, 3.63) is 0 Å². The van der Waals surface area contributed by atoms with Crippen molar-refractivity contribution >= 4 is 35.4 Å². The molecule has 1 saturated heterocycles. The maximum absolute atomic E-state index is 14.6. The molecule has 3 aliphatic rings. The predicted molar refractivity (Wildman–Crippen MR) is 166 cm³/mol. The van der Waals surface area contributed by atoms with Crippen molar-refractivity contribution in [2.75, 3.05) is 6.54 Å². The molecule has 0 aromatic heterocycles. The van der Waals surface area contributed by atoms with E-state index in [1.807, 2.05) is 34.6 Å². The Balaban J connectivity index is 1.95. The van der Waals surface area contributed by atoms with E-state index >= 15 is 0 Å². The molecule has 11 nitrogen and oxygen atoms in total. The van der Waals surface area contributed by atoms with Gasteiger partial charge in [-0.1, -0.05) is 79.6 Å². The Bertz CT molecular complexity index is 1090. The average molecular weight is 619 g/mol. The molecule has 1 spiro atoms. The van der Waals surface area contributed by atoms with Crippen LogP contribution in [0.2, 0.25) is 0 Å². The fourth-order valence-electron chi connectivity index (χ4n) is 7.74. The lowest BCUT2D eigenvalue weighted by Gasteiger charge is -2.38. The number of Topliss-reactive ketones (excluding diaryl/α,β-unsaturated/α-hetero) is 2. The summed E-state index contributed by atoms with van der Waals surface area (Å²) in [6, 6.07) is -3.86. The zero-order valence-corrected chi connectivity index (χ0v) is 27.5. The van der Waals surface area contributed by atoms with Gasteiger partial charge in [0.2, 0.25) is 23.5 Å². The number of hydrogen-bond donors (Lipinski definition) is 4. The van der Waals surface area contributed by atoms with Gasteiger partial charge in [-0.25, -0.2) is 4.79 Å². The molecule has 0 aromatic carbocycles. The van der Waals surface area contributed by atoms with Gasteiger partial charge in [0.1, 0.15) is 18.1 Å². The second-order valence-corrected chi connectivity index (χ2v) is 14.5. The van der Waals surface area contributed by atoms with Gasteiger partial charge in [0.25, 0.3) is 0 Å². The molecule has 44 heavy (non-hydrogen) atoms. The second kappa shape index (κ2) is 14.9. The van der Waals surface area contributed by atoms with E-state index < -0.39 is 65.0 Å². The highest BCUT2D eigenvalue weighted by atomic mass is 16.4. The van der Waals surface area contributed by atoms with Gasteiger partial charge in [-0.3, -0.25) is 24.0 Å². The number of hydrogen-bond acceptors (Lipinski definition) is 6. The molecular formula is C33H54N4O7. The fourth-order valence-corrected chi connectivity index (χ4v) is 7.74. The van der Waals surface area contributed by atoms with Crippen LogP contribution in [-0.4, -0.2) is 76.1 Å². The maximum Gasteiger partial charge on any atom is 0.405 e. The number of carbonyl (C=O) groups is 6. The predicted octanol–water partition coefficient (Wildman–Crippen LogP) is 3.97. The van der Waals surface area contributed by atoms with Gasteiger partial charge in [-0.15, -0.1) is 0 Å². The topological polar surface area (TPSA) is 162 Å². The van der Waals surface area contributed by atoms with E-state index in [0.29, 0.717) is 19.4 Å². The largest absolute Gasteiger partial charge is 0.465 e. The van der Waals surface area contributed by atoms with Crippen molar-refractivity contribution in [3.63, 3.8) is 0 Å². The standard InChI is InChI=1S/C33H54N4O7/c1-7-14-23(26(39)21(3)38)34-29(41)25-20(2)33(17-12-9-13-18-33)19-37(25)30(42)27(32(4,5)6)36-28(40)24(35-31(43)44)22-15-10-8-11-16-22/h20,22-25,27,35H,7-19H2,1-6H3,(H,34,41)(H,36,40)(H,43,44). The summed E-state index contributed by atoms with van der Waals surface area (Å²) >= 11 is 0. The third-order valence-electron chi connectivity index (χ3n) is 10.3. The van der Waals surface area contributed by atoms with Gasteiger partial charge in [0, 0.05) is 13.5 Å². The Morgan fingerprint density at radius 2 is 1.50 bits per heavy atom. The molecule has 3 rings (SSSR count). The monoisotopic (exact) mass is 618 g/mol. The van der Waals surface area contributed by atoms with E-state index in [4.69, 9.17) is 0 Å². The minimum atomic E-state index is -1.29. The molecule has 4 N–H and O–H groups in total. The molecule has 3 fully saturated rings. The first-order valence-corrected chi connectivity index (χ1v) is 16.6. The van der Waals surface area contributed by atoms with Gasteiger partial charge in [-0.05, 0) is 54.8 Å². The third-order valence-corrected chi connectivity index (χ3v) is 10.3. The third kappa shape index (κ3) is 8.18. The van der Waals surface area contributed by atoms with Crippen molar-refractivity contribution in [2.45, 2.75) is 143 Å². The van der Waals surface area contributed by atoms with Crippen LogP contribution in [-0.2, 0) is 24.0 Å². The second-order valence-electron chi connectivity index (χ2n) is 14.5. The van der Waals surface area contributed by atoms with E-state index in [9.17, 15) is 33.9 Å². The van der Waals surface area contributed by atoms with E-state index in [1.165, 1.54) is 6.92 Å². The van der Waals surface area contributed by atoms with E-state index in [0.717, 1.165) is 64.2 Å². The number of amides is 4. The first-order chi connectivity index (χ1) is 20.6. The van der Waals surface area contributed by atoms with E-state index in [2.05, 4.69) is 16.0 Å². The van der Waals surface area contributed by atoms with Crippen LogP contribution in [0.4, 0.5) is 4.79 Å². The zero-order valence-electron chi connectivity index (χ0n) is 27.5. The number of rotatable bonds is 11. The Kier molecular flexibility index (Phi) is 12.0. The molecule has 248 valence electrons. The van der Waals surface area contributed by atoms with E-state index in [-0.39, 0.29) is 17.3 Å². The summed E-state index contributed by atoms with van der Waals surface area (Å²) in [4.78, 5) is 80.2. The van der Waals surface area contributed by atoms with Crippen LogP contribution in [0, 0.1) is 22.7 Å². The highest BCUT2D eigenvalue weighted by Gasteiger charge is 2.56. The highest BCUT2D eigenvalue weighted by Crippen LogP contribution is 2.50. The summed E-state index contributed by atoms with van der Waals surface area (Å²) in [5.41, 5.74) is -1.03. The molecule has 4 amide bonds. The van der Waals surface area contributed by atoms with Gasteiger partial charge in [-0.2, -0.15) is 0 Å². The van der Waals surface area contributed by atoms with Gasteiger partial charge < -0.3 is 26.0 Å². The Morgan fingerprint density at radius 1 is 0.909 bits per heavy atom. The number of ketones is 2. The summed E-state index contributed by atoms with van der Waals surface area (Å²) in [6.45, 7) is 10.9. The lowest BCUT2D eigenvalue weighted by atomic mass is 9.67. The summed E-state index contributed by atoms with van der Waals surface area (Å²) in [5.74, 6) is -3.06. The molecule has 5 unspecified atom stereocenters. The lowest BCUT2D eigenvalue weighted by molar-refractivity contribution is -0.145. The lowest BCUT2D eigenvalue weighted by Crippen LogP contribution is -2.62. The Labute approximate surface area is 262 Å². The quantitative estimate of drug-likeness (QED) is 0.255. The van der Waals surface area contributed by atoms with Crippen LogP contribution in [0.3, 0.4) is 0 Å². The van der Waals surface area contributed by atoms with Gasteiger partial charge in [0.05, 0.1) is 6.04 Å². The molecule has 0 bridgehead atoms. The van der Waals surface area contributed by atoms with Crippen molar-refractivity contribution in [3.8, 4) is 0 Å². The summed E-state index contributed by atoms with van der Waals surface area (Å²) in [7, 11) is 0. The number of carboxylic acid groups (broad SMARTS) is 1. The molecule has 0 radical (unpaired) electrons. The Morgan fingerprint density at radius 3 is 2.02 bits per heavy atom. The summed E-state index contributed by atoms with van der Waals surface area (Å²) in [5, 5.41) is 17.7. The van der Waals surface area contributed by atoms with Crippen molar-refractivity contribution in [1.82, 2.24) is 20.9 Å². The highest BCUT2D eigenvalue weighted by molar-refractivity contribution is 6.38. The summed E-state index contributed by atoms with van der Waals surface area (Å²) < 4.78 is 0. The normalized spacial score (nSPS) is 24.2. The number of carbonyl (C=O) groups excluding carboxylic acids is 5. The first kappa shape index (κ1) is 35.5. The molecule has 1 aliphatic heterocycles. The van der Waals surface area contributed by atoms with Crippen LogP contribution in [0.15, 0.2) is 0 Å². The fraction of sp³-hybridized carbons (Fsp3) is 0.818. The SMILES string of the molecule is CCCC(NC(=O)C1C(C)C2(CCCCC2)CN1C(=O)C(NC(=O)C(NC(=O)O)C1CCCCC1)C(C)(C)C)C(=O)C(C)=O. The van der Waals surface area contributed by atoms with Gasteiger partial charge >= 0.3 is 6.09 Å². The molecule has 0 aromatic rings. The van der Waals surface area contributed by atoms with Gasteiger partial charge in [0.15, 0.2) is 5.78 Å². The van der Waals surface area contributed by atoms with Crippen molar-refractivity contribution in [1.29, 1.82) is 0 Å². The molecule has 11 heteroatoms. The van der Waals surface area contributed by atoms with Crippen LogP contribution < -0.4 is 16.0 Å². The molecule has 1 heterocycles. The Hall–Kier alpha value is -2.98. The van der Waals surface area contributed by atoms with Crippen LogP contribution >= 0.6 is 0 Å². The smallest absolute Gasteiger partial charge is 0.405 e. The minimum Gasteiger partial charge on any atom is -0.465 e. The maximum atomic E-state index is 14.6. The number of likely N-dealkylation sites (tertiary alicyclic amines) is 1. The summed E-state index contributed by atoms with van der Waals surface area (Å²) in [6.07, 6.45) is 8.71. The van der Waals surface area contributed by atoms with Crippen LogP contribution in [0.1, 0.15) is 119 Å². The first-order valence-electron chi connectivity index (χ1n) is 16.6.